The number of rotatable bonds is 9. The topological polar surface area (TPSA) is 55.4 Å². The number of nitrogens with one attached hydrogen (secondary N) is 1. The molecule has 0 amide bonds. The van der Waals surface area contributed by atoms with Crippen LogP contribution in [0.2, 0.25) is 0 Å². The van der Waals surface area contributed by atoms with Crippen LogP contribution in [0.1, 0.15) is 20.3 Å². The molecule has 0 aliphatic rings. The zero-order chi connectivity index (χ0) is 15.0. The van der Waals surface area contributed by atoms with Gasteiger partial charge >= 0.3 is 0 Å². The van der Waals surface area contributed by atoms with Crippen molar-refractivity contribution in [1.82, 2.24) is 0 Å². The Labute approximate surface area is 121 Å². The molecule has 0 heterocycles. The smallest absolute Gasteiger partial charge is 0.178 e. The zero-order valence-corrected chi connectivity index (χ0v) is 13.0. The van der Waals surface area contributed by atoms with Gasteiger partial charge in [-0.3, -0.25) is 0 Å². The van der Waals surface area contributed by atoms with Crippen LogP contribution in [-0.4, -0.2) is 33.9 Å². The van der Waals surface area contributed by atoms with Crippen LogP contribution in [0.5, 0.6) is 0 Å². The first-order chi connectivity index (χ1) is 9.45. The molecular formula is C15H23NO3S. The highest BCUT2D eigenvalue weighted by atomic mass is 32.2. The summed E-state index contributed by atoms with van der Waals surface area (Å²) in [7, 11) is -3.13. The average Bonchev–Trinajstić information content (AvgIpc) is 2.38. The first-order valence-corrected chi connectivity index (χ1v) is 8.39. The van der Waals surface area contributed by atoms with Gasteiger partial charge in [0.25, 0.3) is 0 Å². The van der Waals surface area contributed by atoms with Gasteiger partial charge in [0, 0.05) is 12.2 Å². The van der Waals surface area contributed by atoms with Gasteiger partial charge in [-0.05, 0) is 37.6 Å². The molecule has 0 atom stereocenters. The summed E-state index contributed by atoms with van der Waals surface area (Å²) in [6, 6.07) is 6.84. The summed E-state index contributed by atoms with van der Waals surface area (Å²) in [5.41, 5.74) is 1.88. The largest absolute Gasteiger partial charge is 0.383 e. The molecule has 0 saturated heterocycles. The van der Waals surface area contributed by atoms with E-state index in [2.05, 4.69) is 11.9 Å². The molecule has 1 rings (SSSR count). The van der Waals surface area contributed by atoms with Gasteiger partial charge in [-0.1, -0.05) is 19.1 Å². The first-order valence-electron chi connectivity index (χ1n) is 6.74. The van der Waals surface area contributed by atoms with E-state index in [-0.39, 0.29) is 5.75 Å². The highest BCUT2D eigenvalue weighted by Crippen LogP contribution is 2.15. The number of anilines is 1. The summed E-state index contributed by atoms with van der Waals surface area (Å²) in [6.07, 6.45) is 0.627. The zero-order valence-electron chi connectivity index (χ0n) is 12.2. The second kappa shape index (κ2) is 8.07. The maximum Gasteiger partial charge on any atom is 0.178 e. The Hall–Kier alpha value is -1.33. The maximum atomic E-state index is 11.9. The van der Waals surface area contributed by atoms with Crippen LogP contribution < -0.4 is 5.32 Å². The van der Waals surface area contributed by atoms with Crippen molar-refractivity contribution in [2.24, 2.45) is 0 Å². The molecule has 0 saturated carbocycles. The highest BCUT2D eigenvalue weighted by molar-refractivity contribution is 7.91. The van der Waals surface area contributed by atoms with Gasteiger partial charge < -0.3 is 10.1 Å². The number of benzene rings is 1. The maximum absolute atomic E-state index is 11.9. The molecule has 112 valence electrons. The van der Waals surface area contributed by atoms with E-state index in [9.17, 15) is 8.42 Å². The lowest BCUT2D eigenvalue weighted by atomic mass is 10.3. The van der Waals surface area contributed by atoms with Crippen LogP contribution in [0.25, 0.3) is 0 Å². The summed E-state index contributed by atoms with van der Waals surface area (Å²) in [6.45, 7) is 9.36. The van der Waals surface area contributed by atoms with Gasteiger partial charge in [0.1, 0.15) is 0 Å². The molecule has 1 N–H and O–H groups in total. The van der Waals surface area contributed by atoms with E-state index < -0.39 is 9.84 Å². The van der Waals surface area contributed by atoms with Crippen molar-refractivity contribution in [2.45, 2.75) is 25.2 Å². The first kappa shape index (κ1) is 16.7. The Balaban J connectivity index is 2.45. The van der Waals surface area contributed by atoms with E-state index in [4.69, 9.17) is 4.74 Å². The summed E-state index contributed by atoms with van der Waals surface area (Å²) in [4.78, 5) is 0.378. The standard InChI is InChI=1S/C15H23NO3S/c1-4-11-20(17,18)15-7-5-14(6-8-15)16-9-10-19-12-13(2)3/h5-8,16H,2,4,9-12H2,1,3H3. The Bertz CT molecular complexity index is 521. The van der Waals surface area contributed by atoms with Crippen LogP contribution in [0.15, 0.2) is 41.3 Å². The minimum Gasteiger partial charge on any atom is -0.383 e. The number of sulfone groups is 1. The van der Waals surface area contributed by atoms with Crippen LogP contribution in [0.4, 0.5) is 5.69 Å². The lowest BCUT2D eigenvalue weighted by Crippen LogP contribution is -2.10. The van der Waals surface area contributed by atoms with Gasteiger partial charge in [-0.2, -0.15) is 0 Å². The van der Waals surface area contributed by atoms with Crippen molar-refractivity contribution in [2.75, 3.05) is 30.8 Å². The Morgan fingerprint density at radius 2 is 1.95 bits per heavy atom. The predicted molar refractivity (Wildman–Crippen MR) is 82.9 cm³/mol. The SMILES string of the molecule is C=C(C)COCCNc1ccc(S(=O)(=O)CCC)cc1. The van der Waals surface area contributed by atoms with E-state index in [1.807, 2.05) is 13.8 Å². The minimum absolute atomic E-state index is 0.189. The number of ether oxygens (including phenoxy) is 1. The van der Waals surface area contributed by atoms with Crippen molar-refractivity contribution in [1.29, 1.82) is 0 Å². The number of hydrogen-bond donors (Lipinski definition) is 1. The fraction of sp³-hybridized carbons (Fsp3) is 0.467. The normalized spacial score (nSPS) is 11.3. The van der Waals surface area contributed by atoms with Gasteiger partial charge in [0.2, 0.25) is 0 Å². The average molecular weight is 297 g/mol. The van der Waals surface area contributed by atoms with Gasteiger partial charge in [0.15, 0.2) is 9.84 Å². The molecule has 20 heavy (non-hydrogen) atoms. The van der Waals surface area contributed by atoms with Crippen molar-refractivity contribution in [3.8, 4) is 0 Å². The molecule has 0 bridgehead atoms. The lowest BCUT2D eigenvalue weighted by Gasteiger charge is -2.08. The molecular weight excluding hydrogens is 274 g/mol. The molecule has 0 aliphatic carbocycles. The fourth-order valence-electron chi connectivity index (χ4n) is 1.68. The van der Waals surface area contributed by atoms with Crippen LogP contribution in [-0.2, 0) is 14.6 Å². The predicted octanol–water partition coefficient (Wildman–Crippen LogP) is 2.87. The van der Waals surface area contributed by atoms with E-state index in [0.717, 1.165) is 11.3 Å². The van der Waals surface area contributed by atoms with E-state index in [0.29, 0.717) is 31.1 Å². The fourth-order valence-corrected chi connectivity index (χ4v) is 3.00. The summed E-state index contributed by atoms with van der Waals surface area (Å²) < 4.78 is 29.1. The second-order valence-corrected chi connectivity index (χ2v) is 6.89. The molecule has 4 nitrogen and oxygen atoms in total. The molecule has 0 fully saturated rings. The molecule has 0 aliphatic heterocycles. The van der Waals surface area contributed by atoms with E-state index >= 15 is 0 Å². The van der Waals surface area contributed by atoms with Crippen molar-refractivity contribution >= 4 is 15.5 Å². The Morgan fingerprint density at radius 3 is 2.50 bits per heavy atom. The minimum atomic E-state index is -3.13. The van der Waals surface area contributed by atoms with E-state index in [1.54, 1.807) is 24.3 Å². The monoisotopic (exact) mass is 297 g/mol. The van der Waals surface area contributed by atoms with Gasteiger partial charge in [-0.15, -0.1) is 0 Å². The third-order valence-corrected chi connectivity index (χ3v) is 4.55. The van der Waals surface area contributed by atoms with Crippen molar-refractivity contribution in [3.05, 3.63) is 36.4 Å². The molecule has 1 aromatic rings. The summed E-state index contributed by atoms with van der Waals surface area (Å²) in [5, 5.41) is 3.18. The third-order valence-electron chi connectivity index (χ3n) is 2.61. The van der Waals surface area contributed by atoms with Gasteiger partial charge in [-0.25, -0.2) is 8.42 Å². The molecule has 0 radical (unpaired) electrons. The van der Waals surface area contributed by atoms with Crippen LogP contribution >= 0.6 is 0 Å². The number of hydrogen-bond acceptors (Lipinski definition) is 4. The Morgan fingerprint density at radius 1 is 1.30 bits per heavy atom. The Kier molecular flexibility index (Phi) is 6.75. The highest BCUT2D eigenvalue weighted by Gasteiger charge is 2.12. The third kappa shape index (κ3) is 5.75. The molecule has 0 unspecified atom stereocenters. The lowest BCUT2D eigenvalue weighted by molar-refractivity contribution is 0.167. The van der Waals surface area contributed by atoms with Crippen LogP contribution in [0, 0.1) is 0 Å². The van der Waals surface area contributed by atoms with E-state index in [1.165, 1.54) is 0 Å². The molecule has 5 heteroatoms. The quantitative estimate of drug-likeness (QED) is 0.562. The summed E-state index contributed by atoms with van der Waals surface area (Å²) >= 11 is 0. The molecule has 1 aromatic carbocycles. The second-order valence-electron chi connectivity index (χ2n) is 4.78. The van der Waals surface area contributed by atoms with Crippen LogP contribution in [0.3, 0.4) is 0 Å². The van der Waals surface area contributed by atoms with Crippen molar-refractivity contribution in [3.63, 3.8) is 0 Å². The molecule has 0 aromatic heterocycles. The van der Waals surface area contributed by atoms with Gasteiger partial charge in [0.05, 0.1) is 23.9 Å². The summed E-state index contributed by atoms with van der Waals surface area (Å²) in [5.74, 6) is 0.189. The van der Waals surface area contributed by atoms with Crippen molar-refractivity contribution < 1.29 is 13.2 Å². The molecule has 0 spiro atoms.